The fourth-order valence-electron chi connectivity index (χ4n) is 2.51. The van der Waals surface area contributed by atoms with Crippen LogP contribution in [-0.2, 0) is 21.2 Å². The summed E-state index contributed by atoms with van der Waals surface area (Å²) in [6.45, 7) is 5.06. The SMILES string of the molecule is CC(=O)Nc1cc(S(=O)(=O)N[C@@H](C)CCc2ccccc2)ccc1C. The predicted octanol–water partition coefficient (Wildman–Crippen LogP) is 3.25. The summed E-state index contributed by atoms with van der Waals surface area (Å²) >= 11 is 0. The minimum absolute atomic E-state index is 0.147. The van der Waals surface area contributed by atoms with E-state index in [1.165, 1.54) is 18.6 Å². The zero-order chi connectivity index (χ0) is 18.4. The van der Waals surface area contributed by atoms with Crippen molar-refractivity contribution in [3.8, 4) is 0 Å². The van der Waals surface area contributed by atoms with E-state index in [0.717, 1.165) is 12.0 Å². The van der Waals surface area contributed by atoms with Crippen molar-refractivity contribution in [2.24, 2.45) is 0 Å². The maximum Gasteiger partial charge on any atom is 0.240 e. The van der Waals surface area contributed by atoms with Crippen LogP contribution in [0.1, 0.15) is 31.4 Å². The first-order valence-corrected chi connectivity index (χ1v) is 9.71. The quantitative estimate of drug-likeness (QED) is 0.796. The highest BCUT2D eigenvalue weighted by Crippen LogP contribution is 2.20. The van der Waals surface area contributed by atoms with E-state index >= 15 is 0 Å². The molecule has 0 unspecified atom stereocenters. The van der Waals surface area contributed by atoms with Crippen molar-refractivity contribution in [2.75, 3.05) is 5.32 Å². The molecule has 134 valence electrons. The summed E-state index contributed by atoms with van der Waals surface area (Å²) in [5.74, 6) is -0.234. The van der Waals surface area contributed by atoms with Gasteiger partial charge < -0.3 is 5.32 Å². The summed E-state index contributed by atoms with van der Waals surface area (Å²) in [5, 5.41) is 2.65. The molecule has 0 saturated heterocycles. The van der Waals surface area contributed by atoms with Crippen LogP contribution in [0.4, 0.5) is 5.69 Å². The van der Waals surface area contributed by atoms with Crippen molar-refractivity contribution >= 4 is 21.6 Å². The van der Waals surface area contributed by atoms with E-state index in [-0.39, 0.29) is 16.8 Å². The van der Waals surface area contributed by atoms with Gasteiger partial charge in [-0.15, -0.1) is 0 Å². The summed E-state index contributed by atoms with van der Waals surface area (Å²) in [7, 11) is -3.64. The number of aryl methyl sites for hydroxylation is 2. The zero-order valence-corrected chi connectivity index (χ0v) is 15.6. The third-order valence-corrected chi connectivity index (χ3v) is 5.48. The van der Waals surface area contributed by atoms with Crippen molar-refractivity contribution in [1.82, 2.24) is 4.72 Å². The predicted molar refractivity (Wildman–Crippen MR) is 100 cm³/mol. The van der Waals surface area contributed by atoms with Gasteiger partial charge >= 0.3 is 0 Å². The van der Waals surface area contributed by atoms with Gasteiger partial charge in [0, 0.05) is 18.7 Å². The van der Waals surface area contributed by atoms with Crippen LogP contribution < -0.4 is 10.0 Å². The number of sulfonamides is 1. The lowest BCUT2D eigenvalue weighted by Crippen LogP contribution is -2.33. The monoisotopic (exact) mass is 360 g/mol. The number of anilines is 1. The molecule has 0 spiro atoms. The van der Waals surface area contributed by atoms with Gasteiger partial charge in [0.1, 0.15) is 0 Å². The number of amides is 1. The largest absolute Gasteiger partial charge is 0.326 e. The van der Waals surface area contributed by atoms with Gasteiger partial charge in [0.25, 0.3) is 0 Å². The van der Waals surface area contributed by atoms with Crippen molar-refractivity contribution in [3.05, 3.63) is 59.7 Å². The Balaban J connectivity index is 2.06. The molecule has 0 aliphatic heterocycles. The second kappa shape index (κ2) is 8.27. The van der Waals surface area contributed by atoms with E-state index in [1.54, 1.807) is 12.1 Å². The molecule has 5 nitrogen and oxygen atoms in total. The Morgan fingerprint density at radius 1 is 1.12 bits per heavy atom. The van der Waals surface area contributed by atoms with Gasteiger partial charge in [0.05, 0.1) is 4.90 Å². The Morgan fingerprint density at radius 2 is 1.80 bits per heavy atom. The Labute approximate surface area is 149 Å². The van der Waals surface area contributed by atoms with Crippen molar-refractivity contribution in [2.45, 2.75) is 44.6 Å². The van der Waals surface area contributed by atoms with Gasteiger partial charge in [-0.2, -0.15) is 0 Å². The summed E-state index contributed by atoms with van der Waals surface area (Å²) in [6, 6.07) is 14.5. The molecule has 0 heterocycles. The Hall–Kier alpha value is -2.18. The van der Waals surface area contributed by atoms with Crippen LogP contribution in [0, 0.1) is 6.92 Å². The number of carbonyl (C=O) groups excluding carboxylic acids is 1. The van der Waals surface area contributed by atoms with Crippen LogP contribution in [0.3, 0.4) is 0 Å². The first-order chi connectivity index (χ1) is 11.8. The van der Waals surface area contributed by atoms with E-state index in [2.05, 4.69) is 10.0 Å². The molecule has 6 heteroatoms. The summed E-state index contributed by atoms with van der Waals surface area (Å²) in [5.41, 5.74) is 2.50. The number of carbonyl (C=O) groups is 1. The van der Waals surface area contributed by atoms with Crippen molar-refractivity contribution in [1.29, 1.82) is 0 Å². The molecule has 0 aliphatic carbocycles. The fourth-order valence-corrected chi connectivity index (χ4v) is 3.82. The second-order valence-electron chi connectivity index (χ2n) is 6.20. The average molecular weight is 360 g/mol. The lowest BCUT2D eigenvalue weighted by molar-refractivity contribution is -0.114. The molecule has 1 amide bonds. The first kappa shape index (κ1) is 19.1. The first-order valence-electron chi connectivity index (χ1n) is 8.22. The standard InChI is InChI=1S/C19H24N2O3S/c1-14-9-12-18(13-19(14)20-16(3)22)25(23,24)21-15(2)10-11-17-7-5-4-6-8-17/h4-9,12-13,15,21H,10-11H2,1-3H3,(H,20,22)/t15-/m0/s1. The van der Waals surface area contributed by atoms with Crippen molar-refractivity contribution in [3.63, 3.8) is 0 Å². The molecule has 0 aromatic heterocycles. The van der Waals surface area contributed by atoms with E-state index in [1.807, 2.05) is 44.2 Å². The number of rotatable bonds is 7. The molecule has 2 aromatic carbocycles. The lowest BCUT2D eigenvalue weighted by atomic mass is 10.1. The molecule has 2 aromatic rings. The highest BCUT2D eigenvalue weighted by molar-refractivity contribution is 7.89. The minimum atomic E-state index is -3.64. The molecule has 0 aliphatic rings. The normalized spacial score (nSPS) is 12.6. The molecule has 25 heavy (non-hydrogen) atoms. The van der Waals surface area contributed by atoms with Gasteiger partial charge in [-0.05, 0) is 49.9 Å². The van der Waals surface area contributed by atoms with E-state index in [4.69, 9.17) is 0 Å². The molecule has 0 fully saturated rings. The smallest absolute Gasteiger partial charge is 0.240 e. The van der Waals surface area contributed by atoms with Crippen LogP contribution >= 0.6 is 0 Å². The number of benzene rings is 2. The Bertz CT molecular complexity index is 833. The van der Waals surface area contributed by atoms with E-state index in [0.29, 0.717) is 12.1 Å². The van der Waals surface area contributed by atoms with Gasteiger partial charge in [-0.1, -0.05) is 36.4 Å². The van der Waals surface area contributed by atoms with Crippen LogP contribution in [0.2, 0.25) is 0 Å². The molecular formula is C19H24N2O3S. The van der Waals surface area contributed by atoms with Crippen LogP contribution in [0.15, 0.2) is 53.4 Å². The van der Waals surface area contributed by atoms with Gasteiger partial charge in [-0.25, -0.2) is 13.1 Å². The maximum absolute atomic E-state index is 12.6. The van der Waals surface area contributed by atoms with Crippen LogP contribution in [0.5, 0.6) is 0 Å². The molecule has 1 atom stereocenters. The summed E-state index contributed by atoms with van der Waals surface area (Å²) in [6.07, 6.45) is 1.50. The molecule has 2 rings (SSSR count). The minimum Gasteiger partial charge on any atom is -0.326 e. The Kier molecular flexibility index (Phi) is 6.33. The molecule has 0 radical (unpaired) electrons. The Morgan fingerprint density at radius 3 is 2.44 bits per heavy atom. The average Bonchev–Trinajstić information content (AvgIpc) is 2.55. The fraction of sp³-hybridized carbons (Fsp3) is 0.316. The van der Waals surface area contributed by atoms with Gasteiger partial charge in [0.2, 0.25) is 15.9 Å². The van der Waals surface area contributed by atoms with E-state index in [9.17, 15) is 13.2 Å². The number of hydrogen-bond acceptors (Lipinski definition) is 3. The summed E-state index contributed by atoms with van der Waals surface area (Å²) in [4.78, 5) is 11.4. The third kappa shape index (κ3) is 5.69. The second-order valence-corrected chi connectivity index (χ2v) is 7.92. The number of hydrogen-bond donors (Lipinski definition) is 2. The third-order valence-electron chi connectivity index (χ3n) is 3.90. The van der Waals surface area contributed by atoms with Crippen LogP contribution in [-0.4, -0.2) is 20.4 Å². The van der Waals surface area contributed by atoms with Crippen molar-refractivity contribution < 1.29 is 13.2 Å². The summed E-state index contributed by atoms with van der Waals surface area (Å²) < 4.78 is 27.9. The number of nitrogens with one attached hydrogen (secondary N) is 2. The van der Waals surface area contributed by atoms with Gasteiger partial charge in [-0.3, -0.25) is 4.79 Å². The molecule has 0 bridgehead atoms. The van der Waals surface area contributed by atoms with E-state index < -0.39 is 10.0 Å². The molecular weight excluding hydrogens is 336 g/mol. The highest BCUT2D eigenvalue weighted by Gasteiger charge is 2.18. The highest BCUT2D eigenvalue weighted by atomic mass is 32.2. The lowest BCUT2D eigenvalue weighted by Gasteiger charge is -2.15. The zero-order valence-electron chi connectivity index (χ0n) is 14.7. The topological polar surface area (TPSA) is 75.3 Å². The van der Waals surface area contributed by atoms with Gasteiger partial charge in [0.15, 0.2) is 0 Å². The molecule has 0 saturated carbocycles. The van der Waals surface area contributed by atoms with Crippen LogP contribution in [0.25, 0.3) is 0 Å². The maximum atomic E-state index is 12.6. The molecule has 2 N–H and O–H groups in total.